The first-order valence-electron chi connectivity index (χ1n) is 11.8. The molecule has 0 aromatic heterocycles. The summed E-state index contributed by atoms with van der Waals surface area (Å²) in [6.07, 6.45) is 1.93. The third kappa shape index (κ3) is 4.72. The molecule has 0 N–H and O–H groups in total. The minimum Gasteiger partial charge on any atom is -0.485 e. The monoisotopic (exact) mass is 486 g/mol. The van der Waals surface area contributed by atoms with E-state index in [-0.39, 0.29) is 16.9 Å². The maximum absolute atomic E-state index is 13.7. The van der Waals surface area contributed by atoms with Crippen molar-refractivity contribution in [1.29, 1.82) is 0 Å². The number of sulfonamides is 1. The topological polar surface area (TPSA) is 73.4 Å². The zero-order chi connectivity index (χ0) is 24.5. The summed E-state index contributed by atoms with van der Waals surface area (Å²) in [5.74, 6) is 0.612. The van der Waals surface area contributed by atoms with Crippen LogP contribution in [0.4, 0.5) is 11.4 Å². The highest BCUT2D eigenvalue weighted by molar-refractivity contribution is 7.89. The lowest BCUT2D eigenvalue weighted by atomic mass is 10.1. The summed E-state index contributed by atoms with van der Waals surface area (Å²) >= 11 is 0. The first-order valence-corrected chi connectivity index (χ1v) is 13.2. The van der Waals surface area contributed by atoms with Gasteiger partial charge in [0.05, 0.1) is 29.2 Å². The summed E-state index contributed by atoms with van der Waals surface area (Å²) in [5, 5.41) is 0. The molecule has 2 aromatic carbocycles. The first-order chi connectivity index (χ1) is 16.2. The van der Waals surface area contributed by atoms with Gasteiger partial charge in [0.2, 0.25) is 10.0 Å². The van der Waals surface area contributed by atoms with Crippen LogP contribution in [0.5, 0.6) is 5.75 Å². The molecule has 2 aliphatic rings. The predicted octanol–water partition coefficient (Wildman–Crippen LogP) is 2.90. The number of carbonyl (C=O) groups is 1. The van der Waals surface area contributed by atoms with Gasteiger partial charge < -0.3 is 19.4 Å². The molecule has 0 unspecified atom stereocenters. The number of carbonyl (C=O) groups excluding carboxylic acids is 1. The highest BCUT2D eigenvalue weighted by Crippen LogP contribution is 2.33. The molecule has 0 aliphatic carbocycles. The number of nitrogens with zero attached hydrogens (tertiary/aromatic N) is 4. The van der Waals surface area contributed by atoms with E-state index in [1.165, 1.54) is 24.5 Å². The van der Waals surface area contributed by atoms with Crippen molar-refractivity contribution in [2.24, 2.45) is 0 Å². The summed E-state index contributed by atoms with van der Waals surface area (Å²) in [7, 11) is 1.09. The highest BCUT2D eigenvalue weighted by atomic mass is 32.2. The molecule has 0 saturated carbocycles. The number of hydrogen-bond acceptors (Lipinski definition) is 6. The molecular formula is C25H34N4O4S. The van der Waals surface area contributed by atoms with Crippen molar-refractivity contribution in [2.45, 2.75) is 30.8 Å². The molecule has 9 heteroatoms. The maximum Gasteiger partial charge on any atom is 0.255 e. The number of fused-ring (bicyclic) bond motifs is 1. The van der Waals surface area contributed by atoms with E-state index in [1.807, 2.05) is 24.3 Å². The summed E-state index contributed by atoms with van der Waals surface area (Å²) < 4.78 is 32.9. The Balaban J connectivity index is 1.61. The second kappa shape index (κ2) is 9.84. The Bertz CT molecular complexity index is 1150. The van der Waals surface area contributed by atoms with E-state index >= 15 is 0 Å². The molecule has 2 aromatic rings. The number of anilines is 2. The number of ether oxygens (including phenoxy) is 1. The average Bonchev–Trinajstić information content (AvgIpc) is 3.37. The van der Waals surface area contributed by atoms with Gasteiger partial charge in [-0.15, -0.1) is 0 Å². The van der Waals surface area contributed by atoms with E-state index in [4.69, 9.17) is 4.74 Å². The zero-order valence-corrected chi connectivity index (χ0v) is 21.2. The van der Waals surface area contributed by atoms with Crippen molar-refractivity contribution in [3.05, 3.63) is 48.0 Å². The van der Waals surface area contributed by atoms with Crippen LogP contribution in [0.2, 0.25) is 0 Å². The molecule has 1 saturated heterocycles. The fourth-order valence-electron chi connectivity index (χ4n) is 4.66. The largest absolute Gasteiger partial charge is 0.485 e. The zero-order valence-electron chi connectivity index (χ0n) is 20.4. The molecule has 4 rings (SSSR count). The van der Waals surface area contributed by atoms with Crippen molar-refractivity contribution >= 4 is 27.3 Å². The quantitative estimate of drug-likeness (QED) is 0.599. The lowest BCUT2D eigenvalue weighted by Gasteiger charge is -2.37. The highest BCUT2D eigenvalue weighted by Gasteiger charge is 2.30. The summed E-state index contributed by atoms with van der Waals surface area (Å²) in [6.45, 7) is 5.74. The number of hydrogen-bond donors (Lipinski definition) is 0. The van der Waals surface area contributed by atoms with Crippen LogP contribution in [0, 0.1) is 0 Å². The minimum atomic E-state index is -3.66. The second-order valence-electron chi connectivity index (χ2n) is 9.09. The van der Waals surface area contributed by atoms with Crippen LogP contribution in [0.25, 0.3) is 0 Å². The SMILES string of the molecule is CCN1C[C@H](CN(C)C(=O)c2cc(S(=O)(=O)N(C)C)ccc2N2CCCC2)Oc2ccccc21. The van der Waals surface area contributed by atoms with Crippen LogP contribution < -0.4 is 14.5 Å². The van der Waals surface area contributed by atoms with Crippen LogP contribution in [-0.4, -0.2) is 83.5 Å². The van der Waals surface area contributed by atoms with Crippen molar-refractivity contribution in [2.75, 3.05) is 63.7 Å². The number of amides is 1. The van der Waals surface area contributed by atoms with E-state index in [9.17, 15) is 13.2 Å². The number of para-hydroxylation sites is 2. The van der Waals surface area contributed by atoms with Gasteiger partial charge in [-0.3, -0.25) is 4.79 Å². The molecule has 8 nitrogen and oxygen atoms in total. The number of rotatable bonds is 7. The molecule has 1 fully saturated rings. The van der Waals surface area contributed by atoms with E-state index < -0.39 is 10.0 Å². The lowest BCUT2D eigenvalue weighted by Crippen LogP contribution is -2.47. The normalized spacial score (nSPS) is 18.1. The van der Waals surface area contributed by atoms with Gasteiger partial charge in [0, 0.05) is 46.5 Å². The molecular weight excluding hydrogens is 452 g/mol. The molecule has 0 spiro atoms. The standard InChI is InChI=1S/C25H34N4O4S/c1-5-28-18-19(33-24-11-7-6-10-23(24)28)17-27(4)25(30)21-16-20(34(31,32)26(2)3)12-13-22(21)29-14-8-9-15-29/h6-7,10-13,16,19H,5,8-9,14-15,17-18H2,1-4H3/t19-/m0/s1. The molecule has 1 atom stereocenters. The van der Waals surface area contributed by atoms with Crippen molar-refractivity contribution in [1.82, 2.24) is 9.21 Å². The van der Waals surface area contributed by atoms with Crippen molar-refractivity contribution in [3.8, 4) is 5.75 Å². The molecule has 0 bridgehead atoms. The Morgan fingerprint density at radius 2 is 1.76 bits per heavy atom. The van der Waals surface area contributed by atoms with Crippen LogP contribution in [0.1, 0.15) is 30.1 Å². The molecule has 34 heavy (non-hydrogen) atoms. The average molecular weight is 487 g/mol. The van der Waals surface area contributed by atoms with Crippen LogP contribution in [-0.2, 0) is 10.0 Å². The number of benzene rings is 2. The van der Waals surface area contributed by atoms with E-state index in [2.05, 4.69) is 16.7 Å². The van der Waals surface area contributed by atoms with Gasteiger partial charge in [0.1, 0.15) is 11.9 Å². The van der Waals surface area contributed by atoms with E-state index in [0.717, 1.165) is 49.6 Å². The Kier molecular flexibility index (Phi) is 7.04. The number of likely N-dealkylation sites (N-methyl/N-ethyl adjacent to an activating group) is 2. The third-order valence-corrected chi connectivity index (χ3v) is 8.36. The van der Waals surface area contributed by atoms with Crippen molar-refractivity contribution in [3.63, 3.8) is 0 Å². The fraction of sp³-hybridized carbons (Fsp3) is 0.480. The Morgan fingerprint density at radius 3 is 2.44 bits per heavy atom. The van der Waals surface area contributed by atoms with Crippen LogP contribution >= 0.6 is 0 Å². The van der Waals surface area contributed by atoms with Gasteiger partial charge in [-0.2, -0.15) is 0 Å². The Labute approximate surface area is 202 Å². The minimum absolute atomic E-state index is 0.122. The molecule has 2 aliphatic heterocycles. The van der Waals surface area contributed by atoms with Gasteiger partial charge in [0.25, 0.3) is 5.91 Å². The van der Waals surface area contributed by atoms with Gasteiger partial charge in [-0.25, -0.2) is 12.7 Å². The molecule has 184 valence electrons. The second-order valence-corrected chi connectivity index (χ2v) is 11.2. The van der Waals surface area contributed by atoms with E-state index in [1.54, 1.807) is 24.1 Å². The summed E-state index contributed by atoms with van der Waals surface area (Å²) in [5.41, 5.74) is 2.26. The maximum atomic E-state index is 13.7. The summed E-state index contributed by atoms with van der Waals surface area (Å²) in [4.78, 5) is 19.8. The Morgan fingerprint density at radius 1 is 1.06 bits per heavy atom. The fourth-order valence-corrected chi connectivity index (χ4v) is 5.59. The van der Waals surface area contributed by atoms with Crippen LogP contribution in [0.15, 0.2) is 47.4 Å². The smallest absolute Gasteiger partial charge is 0.255 e. The predicted molar refractivity (Wildman–Crippen MR) is 134 cm³/mol. The third-order valence-electron chi connectivity index (χ3n) is 6.55. The summed E-state index contributed by atoms with van der Waals surface area (Å²) in [6, 6.07) is 12.8. The van der Waals surface area contributed by atoms with Gasteiger partial charge >= 0.3 is 0 Å². The van der Waals surface area contributed by atoms with E-state index in [0.29, 0.717) is 18.7 Å². The lowest BCUT2D eigenvalue weighted by molar-refractivity contribution is 0.0710. The first kappa shape index (κ1) is 24.3. The van der Waals surface area contributed by atoms with Crippen molar-refractivity contribution < 1.29 is 17.9 Å². The van der Waals surface area contributed by atoms with Gasteiger partial charge in [0.15, 0.2) is 0 Å². The van der Waals surface area contributed by atoms with Crippen LogP contribution in [0.3, 0.4) is 0 Å². The Hall–Kier alpha value is -2.78. The van der Waals surface area contributed by atoms with Gasteiger partial charge in [-0.1, -0.05) is 12.1 Å². The molecule has 0 radical (unpaired) electrons. The molecule has 2 heterocycles. The molecule has 1 amide bonds. The van der Waals surface area contributed by atoms with Gasteiger partial charge in [-0.05, 0) is 50.1 Å².